The summed E-state index contributed by atoms with van der Waals surface area (Å²) in [5.74, 6) is -0.791. The van der Waals surface area contributed by atoms with Gasteiger partial charge in [-0.25, -0.2) is 0 Å². The summed E-state index contributed by atoms with van der Waals surface area (Å²) < 4.78 is 5.67. The molecule has 0 aliphatic heterocycles. The molecule has 4 N–H and O–H groups in total. The number of unbranched alkanes of at least 4 members (excludes halogenated alkanes) is 1. The van der Waals surface area contributed by atoms with Gasteiger partial charge < -0.3 is 21.1 Å². The van der Waals surface area contributed by atoms with Gasteiger partial charge >= 0.3 is 0 Å². The van der Waals surface area contributed by atoms with Gasteiger partial charge in [-0.15, -0.1) is 0 Å². The number of nitrogens with one attached hydrogen (secondary N) is 2. The molecule has 37 heavy (non-hydrogen) atoms. The number of azide groups is 1. The normalized spacial score (nSPS) is 12.2. The molecule has 0 bridgehead atoms. The maximum atomic E-state index is 12.8. The predicted molar refractivity (Wildman–Crippen MR) is 141 cm³/mol. The average Bonchev–Trinajstić information content (AvgIpc) is 2.85. The first kappa shape index (κ1) is 31.4. The van der Waals surface area contributed by atoms with Crippen molar-refractivity contribution in [2.75, 3.05) is 19.7 Å². The highest BCUT2D eigenvalue weighted by Crippen LogP contribution is 2.21. The van der Waals surface area contributed by atoms with Gasteiger partial charge in [0.15, 0.2) is 5.78 Å². The van der Waals surface area contributed by atoms with E-state index >= 15 is 0 Å². The van der Waals surface area contributed by atoms with Crippen LogP contribution in [0.3, 0.4) is 0 Å². The van der Waals surface area contributed by atoms with Gasteiger partial charge in [0, 0.05) is 29.5 Å². The highest BCUT2D eigenvalue weighted by molar-refractivity contribution is 6.01. The van der Waals surface area contributed by atoms with Crippen molar-refractivity contribution >= 4 is 23.5 Å². The van der Waals surface area contributed by atoms with E-state index in [1.807, 2.05) is 20.8 Å². The molecule has 0 aliphatic carbocycles. The largest absolute Gasteiger partial charge is 0.493 e. The molecule has 0 aromatic heterocycles. The third kappa shape index (κ3) is 11.8. The molecule has 0 spiro atoms. The van der Waals surface area contributed by atoms with Crippen molar-refractivity contribution in [1.82, 2.24) is 10.6 Å². The van der Waals surface area contributed by atoms with Crippen molar-refractivity contribution in [3.63, 3.8) is 0 Å². The van der Waals surface area contributed by atoms with Gasteiger partial charge in [-0.2, -0.15) is 0 Å². The summed E-state index contributed by atoms with van der Waals surface area (Å²) in [4.78, 5) is 51.7. The number of nitrogens with zero attached hydrogens (tertiary/aromatic N) is 3. The molecule has 0 fully saturated rings. The number of nitrogens with two attached hydrogens (primary N) is 1. The van der Waals surface area contributed by atoms with Crippen LogP contribution in [0.5, 0.6) is 5.75 Å². The average molecular weight is 517 g/mol. The molecule has 204 valence electrons. The van der Waals surface area contributed by atoms with Crippen molar-refractivity contribution in [1.29, 1.82) is 0 Å². The Morgan fingerprint density at radius 1 is 1.16 bits per heavy atom. The Balaban J connectivity index is 2.65. The van der Waals surface area contributed by atoms with E-state index in [9.17, 15) is 19.2 Å². The van der Waals surface area contributed by atoms with Crippen molar-refractivity contribution in [3.8, 4) is 5.75 Å². The lowest BCUT2D eigenvalue weighted by molar-refractivity contribution is -0.130. The van der Waals surface area contributed by atoms with Gasteiger partial charge in [0.25, 0.3) is 5.91 Å². The molecule has 3 amide bonds. The quantitative estimate of drug-likeness (QED) is 0.0879. The smallest absolute Gasteiger partial charge is 0.255 e. The van der Waals surface area contributed by atoms with Crippen LogP contribution in [0.25, 0.3) is 10.4 Å². The number of hydrogen-bond donors (Lipinski definition) is 3. The van der Waals surface area contributed by atoms with Crippen LogP contribution in [-0.4, -0.2) is 49.2 Å². The second-order valence-corrected chi connectivity index (χ2v) is 9.37. The van der Waals surface area contributed by atoms with Crippen LogP contribution in [0.2, 0.25) is 0 Å². The van der Waals surface area contributed by atoms with E-state index in [-0.39, 0.29) is 36.3 Å². The molecule has 0 radical (unpaired) electrons. The first-order valence-corrected chi connectivity index (χ1v) is 12.8. The van der Waals surface area contributed by atoms with Gasteiger partial charge in [0.2, 0.25) is 11.8 Å². The van der Waals surface area contributed by atoms with Crippen molar-refractivity contribution < 1.29 is 23.9 Å². The van der Waals surface area contributed by atoms with E-state index in [4.69, 9.17) is 16.0 Å². The lowest BCUT2D eigenvalue weighted by Gasteiger charge is -2.21. The van der Waals surface area contributed by atoms with Gasteiger partial charge in [0.1, 0.15) is 11.8 Å². The summed E-state index contributed by atoms with van der Waals surface area (Å²) in [6.07, 6.45) is 3.40. The summed E-state index contributed by atoms with van der Waals surface area (Å²) in [7, 11) is 0. The van der Waals surface area contributed by atoms with Crippen molar-refractivity contribution in [2.45, 2.75) is 72.3 Å². The maximum absolute atomic E-state index is 12.8. The van der Waals surface area contributed by atoms with E-state index in [1.165, 1.54) is 13.0 Å². The third-order valence-corrected chi connectivity index (χ3v) is 5.84. The minimum atomic E-state index is -0.762. The zero-order chi connectivity index (χ0) is 27.8. The Kier molecular flexibility index (Phi) is 14.4. The van der Waals surface area contributed by atoms with Crippen LogP contribution in [0.15, 0.2) is 23.3 Å². The molecule has 1 aromatic rings. The molecule has 0 saturated carbocycles. The highest BCUT2D eigenvalue weighted by Gasteiger charge is 2.23. The van der Waals surface area contributed by atoms with Crippen LogP contribution in [-0.2, 0) is 9.59 Å². The van der Waals surface area contributed by atoms with E-state index in [0.717, 1.165) is 6.42 Å². The fraction of sp³-hybridized carbons (Fsp3) is 0.615. The first-order valence-electron chi connectivity index (χ1n) is 12.8. The summed E-state index contributed by atoms with van der Waals surface area (Å²) in [6.45, 7) is 8.30. The summed E-state index contributed by atoms with van der Waals surface area (Å²) in [5.41, 5.74) is 14.5. The molecule has 11 nitrogen and oxygen atoms in total. The Hall–Kier alpha value is -3.59. The number of ether oxygens (including phenoxy) is 1. The summed E-state index contributed by atoms with van der Waals surface area (Å²) in [6, 6.07) is 3.88. The van der Waals surface area contributed by atoms with E-state index in [1.54, 1.807) is 12.1 Å². The van der Waals surface area contributed by atoms with Crippen molar-refractivity contribution in [2.24, 2.45) is 22.7 Å². The number of carbonyl (C=O) groups excluding carboxylic acids is 4. The van der Waals surface area contributed by atoms with E-state index in [0.29, 0.717) is 55.9 Å². The molecule has 0 aliphatic rings. The molecule has 2 atom stereocenters. The van der Waals surface area contributed by atoms with Crippen LogP contribution in [0.1, 0.15) is 86.9 Å². The fourth-order valence-electron chi connectivity index (χ4n) is 3.79. The fourth-order valence-corrected chi connectivity index (χ4v) is 3.79. The van der Waals surface area contributed by atoms with Crippen LogP contribution in [0.4, 0.5) is 0 Å². The van der Waals surface area contributed by atoms with Crippen LogP contribution in [0, 0.1) is 11.8 Å². The molecule has 1 aromatic carbocycles. The van der Waals surface area contributed by atoms with E-state index < -0.39 is 17.9 Å². The van der Waals surface area contributed by atoms with Crippen LogP contribution < -0.4 is 21.1 Å². The molecule has 0 saturated heterocycles. The molecular formula is C26H40N6O5. The van der Waals surface area contributed by atoms with Gasteiger partial charge in [-0.3, -0.25) is 19.2 Å². The number of Topliss-reactive ketones (excluding diaryl/α,β-unsaturated/α-hetero) is 1. The third-order valence-electron chi connectivity index (χ3n) is 5.84. The van der Waals surface area contributed by atoms with Crippen LogP contribution >= 0.6 is 0 Å². The minimum absolute atomic E-state index is 0.161. The topological polar surface area (TPSA) is 176 Å². The minimum Gasteiger partial charge on any atom is -0.493 e. The Morgan fingerprint density at radius 2 is 1.89 bits per heavy atom. The van der Waals surface area contributed by atoms with Crippen molar-refractivity contribution in [3.05, 3.63) is 39.8 Å². The second kappa shape index (κ2) is 17.0. The SMILES string of the molecule is CC[C@@H](CC(C)C)C(=O)N[C@@H](CCCCNC(=O)c1cc(C(C)=O)ccc1OCCCN=[N+]=[N-])C(N)=O. The number of benzene rings is 1. The van der Waals surface area contributed by atoms with Gasteiger partial charge in [-0.1, -0.05) is 25.9 Å². The standard InChI is InChI=1S/C26H40N6O5/c1-5-19(15-17(2)3)25(35)31-22(24(27)34)9-6-7-12-29-26(36)21-16-20(18(4)33)10-11-23(21)37-14-8-13-30-32-28/h10-11,16-17,19,22H,5-9,12-15H2,1-4H3,(H2,27,34)(H,29,36)(H,31,35)/t19-,22-/m0/s1. The lowest BCUT2D eigenvalue weighted by Crippen LogP contribution is -2.46. The number of ketones is 1. The highest BCUT2D eigenvalue weighted by atomic mass is 16.5. The number of primary amides is 1. The molecule has 1 rings (SSSR count). The number of carbonyl (C=O) groups is 4. The van der Waals surface area contributed by atoms with Gasteiger partial charge in [-0.05, 0) is 75.1 Å². The molecule has 0 unspecified atom stereocenters. The Morgan fingerprint density at radius 3 is 2.49 bits per heavy atom. The number of hydrogen-bond acceptors (Lipinski definition) is 6. The van der Waals surface area contributed by atoms with E-state index in [2.05, 4.69) is 20.7 Å². The zero-order valence-electron chi connectivity index (χ0n) is 22.3. The summed E-state index contributed by atoms with van der Waals surface area (Å²) >= 11 is 0. The van der Waals surface area contributed by atoms with Gasteiger partial charge in [0.05, 0.1) is 12.2 Å². The molecule has 11 heteroatoms. The number of rotatable bonds is 18. The Bertz CT molecular complexity index is 974. The Labute approximate surface area is 218 Å². The lowest BCUT2D eigenvalue weighted by atomic mass is 9.93. The first-order chi connectivity index (χ1) is 17.6. The zero-order valence-corrected chi connectivity index (χ0v) is 22.3. The molecular weight excluding hydrogens is 476 g/mol. The predicted octanol–water partition coefficient (Wildman–Crippen LogP) is 3.91. The number of amides is 3. The second-order valence-electron chi connectivity index (χ2n) is 9.37. The molecule has 0 heterocycles. The monoisotopic (exact) mass is 516 g/mol. The summed E-state index contributed by atoms with van der Waals surface area (Å²) in [5, 5.41) is 9.03. The maximum Gasteiger partial charge on any atom is 0.255 e.